The number of fused-ring (bicyclic) bond motifs is 1. The van der Waals surface area contributed by atoms with E-state index < -0.39 is 5.76 Å². The second-order valence-electron chi connectivity index (χ2n) is 12.4. The van der Waals surface area contributed by atoms with E-state index in [0.29, 0.717) is 51.8 Å². The van der Waals surface area contributed by atoms with E-state index in [4.69, 9.17) is 9.15 Å². The van der Waals surface area contributed by atoms with Gasteiger partial charge in [-0.2, -0.15) is 9.78 Å². The summed E-state index contributed by atoms with van der Waals surface area (Å²) in [5, 5.41) is 12.8. The topological polar surface area (TPSA) is 130 Å². The molecule has 3 aliphatic rings. The van der Waals surface area contributed by atoms with E-state index in [1.54, 1.807) is 7.05 Å². The van der Waals surface area contributed by atoms with Gasteiger partial charge in [0, 0.05) is 49.9 Å². The first-order valence-corrected chi connectivity index (χ1v) is 16.3. The van der Waals surface area contributed by atoms with Crippen LogP contribution in [0.5, 0.6) is 0 Å². The molecule has 2 aromatic carbocycles. The Labute approximate surface area is 272 Å². The Kier molecular flexibility index (Phi) is 8.61. The number of ether oxygens (including phenoxy) is 1. The lowest BCUT2D eigenvalue weighted by Gasteiger charge is -2.29. The van der Waals surface area contributed by atoms with Gasteiger partial charge in [0.05, 0.1) is 36.9 Å². The van der Waals surface area contributed by atoms with Crippen molar-refractivity contribution in [3.8, 4) is 11.5 Å². The summed E-state index contributed by atoms with van der Waals surface area (Å²) in [6, 6.07) is 13.8. The van der Waals surface area contributed by atoms with Crippen LogP contribution < -0.4 is 10.7 Å². The molecule has 0 spiro atoms. The second kappa shape index (κ2) is 13.1. The number of likely N-dealkylation sites (tertiary alicyclic amines) is 1. The summed E-state index contributed by atoms with van der Waals surface area (Å²) in [4.78, 5) is 44.5. The molecule has 1 N–H and O–H groups in total. The van der Waals surface area contributed by atoms with Crippen molar-refractivity contribution in [2.75, 3.05) is 57.4 Å². The van der Waals surface area contributed by atoms with Gasteiger partial charge < -0.3 is 19.0 Å². The van der Waals surface area contributed by atoms with Crippen molar-refractivity contribution in [2.45, 2.75) is 26.2 Å². The maximum atomic E-state index is 13.8. The van der Waals surface area contributed by atoms with Gasteiger partial charge >= 0.3 is 5.76 Å². The minimum atomic E-state index is -0.496. The van der Waals surface area contributed by atoms with Gasteiger partial charge in [0.15, 0.2) is 0 Å². The van der Waals surface area contributed by atoms with Crippen LogP contribution in [0.1, 0.15) is 37.4 Å². The van der Waals surface area contributed by atoms with Crippen LogP contribution in [0.15, 0.2) is 63.8 Å². The highest BCUT2D eigenvalue weighted by molar-refractivity contribution is 5.99. The summed E-state index contributed by atoms with van der Waals surface area (Å²) < 4.78 is 11.8. The first-order chi connectivity index (χ1) is 22.9. The van der Waals surface area contributed by atoms with E-state index in [-0.39, 0.29) is 17.7 Å². The van der Waals surface area contributed by atoms with E-state index in [0.717, 1.165) is 64.8 Å². The average Bonchev–Trinajstić information content (AvgIpc) is 3.84. The number of aryl methyl sites for hydroxylation is 1. The number of anilines is 1. The highest BCUT2D eigenvalue weighted by atomic mass is 16.5. The molecule has 0 bridgehead atoms. The summed E-state index contributed by atoms with van der Waals surface area (Å²) in [5.41, 5.74) is 6.89. The van der Waals surface area contributed by atoms with Gasteiger partial charge in [-0.3, -0.25) is 19.6 Å². The summed E-state index contributed by atoms with van der Waals surface area (Å²) in [6.45, 7) is 6.63. The average molecular weight is 638 g/mol. The van der Waals surface area contributed by atoms with Gasteiger partial charge in [0.25, 0.3) is 0 Å². The third-order valence-corrected chi connectivity index (χ3v) is 9.44. The third-order valence-electron chi connectivity index (χ3n) is 9.44. The molecule has 244 valence electrons. The molecule has 1 fully saturated rings. The molecule has 0 saturated carbocycles. The Morgan fingerprint density at radius 2 is 1.87 bits per heavy atom. The Balaban J connectivity index is 0.946. The minimum Gasteiger partial charge on any atom is -0.388 e. The monoisotopic (exact) mass is 637 g/mol. The fourth-order valence-electron chi connectivity index (χ4n) is 6.76. The van der Waals surface area contributed by atoms with Crippen LogP contribution in [0.25, 0.3) is 33.5 Å². The number of benzene rings is 2. The molecule has 2 aromatic heterocycles. The number of H-pyrrole nitrogens is 1. The third kappa shape index (κ3) is 6.30. The van der Waals surface area contributed by atoms with Crippen LogP contribution >= 0.6 is 0 Å². The van der Waals surface area contributed by atoms with Gasteiger partial charge in [-0.15, -0.1) is 5.10 Å². The van der Waals surface area contributed by atoms with Crippen molar-refractivity contribution in [3.05, 3.63) is 76.4 Å². The number of rotatable bonds is 8. The fourth-order valence-corrected chi connectivity index (χ4v) is 6.76. The van der Waals surface area contributed by atoms with E-state index in [1.807, 2.05) is 53.1 Å². The molecule has 12 nitrogen and oxygen atoms in total. The van der Waals surface area contributed by atoms with Crippen LogP contribution in [-0.2, 0) is 21.4 Å². The molecule has 2 amide bonds. The molecule has 3 aliphatic heterocycles. The zero-order valence-electron chi connectivity index (χ0n) is 26.8. The highest BCUT2D eigenvalue weighted by Gasteiger charge is 2.33. The van der Waals surface area contributed by atoms with Crippen molar-refractivity contribution in [3.63, 3.8) is 0 Å². The number of hydrogen-bond acceptors (Lipinski definition) is 8. The molecular formula is C35H39N7O5. The van der Waals surface area contributed by atoms with Crippen LogP contribution in [0.3, 0.4) is 0 Å². The molecule has 1 saturated heterocycles. The number of aromatic nitrogens is 4. The van der Waals surface area contributed by atoms with E-state index in [2.05, 4.69) is 38.4 Å². The SMILES string of the molecule is CCN(C(=O)[C@@H]1CCN(CC(=O)N2CC=C(c3ccc(-c4nn(C)c(=O)o4)cc3)CC2)C1)c1ccc2[nH]nc(C3=CCOCC3)c2c1. The summed E-state index contributed by atoms with van der Waals surface area (Å²) in [7, 11) is 1.55. The Morgan fingerprint density at radius 3 is 2.57 bits per heavy atom. The molecule has 0 radical (unpaired) electrons. The van der Waals surface area contributed by atoms with E-state index in [9.17, 15) is 14.4 Å². The summed E-state index contributed by atoms with van der Waals surface area (Å²) in [5.74, 6) is -0.180. The van der Waals surface area contributed by atoms with Crippen molar-refractivity contribution in [1.29, 1.82) is 0 Å². The first kappa shape index (κ1) is 30.8. The normalized spacial score (nSPS) is 18.8. The van der Waals surface area contributed by atoms with Crippen molar-refractivity contribution in [2.24, 2.45) is 13.0 Å². The first-order valence-electron chi connectivity index (χ1n) is 16.3. The number of hydrogen-bond donors (Lipinski definition) is 1. The second-order valence-corrected chi connectivity index (χ2v) is 12.4. The number of carbonyl (C=O) groups is 2. The fraction of sp³-hybridized carbons (Fsp3) is 0.400. The minimum absolute atomic E-state index is 0.0848. The molecular weight excluding hydrogens is 598 g/mol. The largest absolute Gasteiger partial charge is 0.437 e. The number of amides is 2. The number of nitrogens with zero attached hydrogens (tertiary/aromatic N) is 6. The van der Waals surface area contributed by atoms with Gasteiger partial charge in [-0.25, -0.2) is 4.79 Å². The van der Waals surface area contributed by atoms with Gasteiger partial charge in [-0.1, -0.05) is 24.3 Å². The van der Waals surface area contributed by atoms with Gasteiger partial charge in [0.1, 0.15) is 0 Å². The number of carbonyl (C=O) groups excluding carboxylic acids is 2. The molecule has 12 heteroatoms. The standard InChI is InChI=1S/C35H39N7O5/c1-3-42(28-8-9-30-29(20-28)32(37-36-30)25-13-18-46-19-14-25)34(44)27-10-15-40(21-27)22-31(43)41-16-11-24(12-17-41)23-4-6-26(7-5-23)33-38-39(2)35(45)47-33/h4-9,11,13,20,27H,3,10,12,14-19,21-22H2,1-2H3,(H,36,37)/t27-/m1/s1. The Morgan fingerprint density at radius 1 is 1.04 bits per heavy atom. The molecule has 5 heterocycles. The molecule has 1 atom stereocenters. The predicted octanol–water partition coefficient (Wildman–Crippen LogP) is 3.71. The van der Waals surface area contributed by atoms with Crippen molar-refractivity contribution < 1.29 is 18.7 Å². The lowest BCUT2D eigenvalue weighted by Crippen LogP contribution is -2.42. The van der Waals surface area contributed by atoms with Gasteiger partial charge in [-0.05, 0) is 79.8 Å². The van der Waals surface area contributed by atoms with Crippen LogP contribution in [0.2, 0.25) is 0 Å². The predicted molar refractivity (Wildman–Crippen MR) is 178 cm³/mol. The van der Waals surface area contributed by atoms with E-state index >= 15 is 0 Å². The summed E-state index contributed by atoms with van der Waals surface area (Å²) >= 11 is 0. The zero-order chi connectivity index (χ0) is 32.5. The summed E-state index contributed by atoms with van der Waals surface area (Å²) in [6.07, 6.45) is 6.49. The van der Waals surface area contributed by atoms with Crippen LogP contribution in [0, 0.1) is 5.92 Å². The molecule has 0 unspecified atom stereocenters. The Hall–Kier alpha value is -4.81. The number of nitrogens with one attached hydrogen (secondary N) is 1. The van der Waals surface area contributed by atoms with E-state index in [1.165, 1.54) is 10.3 Å². The molecule has 4 aromatic rings. The van der Waals surface area contributed by atoms with Crippen molar-refractivity contribution in [1.82, 2.24) is 29.8 Å². The lowest BCUT2D eigenvalue weighted by atomic mass is 9.98. The number of aromatic amines is 1. The van der Waals surface area contributed by atoms with Gasteiger partial charge in [0.2, 0.25) is 17.7 Å². The Bertz CT molecular complexity index is 1920. The maximum Gasteiger partial charge on any atom is 0.437 e. The quantitative estimate of drug-likeness (QED) is 0.310. The highest BCUT2D eigenvalue weighted by Crippen LogP contribution is 2.31. The molecule has 0 aliphatic carbocycles. The molecule has 7 rings (SSSR count). The smallest absolute Gasteiger partial charge is 0.388 e. The maximum absolute atomic E-state index is 13.8. The molecule has 47 heavy (non-hydrogen) atoms. The zero-order valence-corrected chi connectivity index (χ0v) is 26.8. The lowest BCUT2D eigenvalue weighted by molar-refractivity contribution is -0.132. The van der Waals surface area contributed by atoms with Crippen molar-refractivity contribution >= 4 is 39.6 Å². The van der Waals surface area contributed by atoms with Crippen LogP contribution in [-0.4, -0.2) is 94.1 Å². The van der Waals surface area contributed by atoms with Crippen LogP contribution in [0.4, 0.5) is 5.69 Å².